The Kier molecular flexibility index (Phi) is 4.29. The summed E-state index contributed by atoms with van der Waals surface area (Å²) in [5.41, 5.74) is 0.373. The smallest absolute Gasteiger partial charge is 0.303 e. The summed E-state index contributed by atoms with van der Waals surface area (Å²) in [6, 6.07) is 3.59. The van der Waals surface area contributed by atoms with E-state index >= 15 is 0 Å². The molecular formula is C13H16N4O2. The molecular weight excluding hydrogens is 244 g/mol. The van der Waals surface area contributed by atoms with Crippen molar-refractivity contribution >= 4 is 11.9 Å². The number of rotatable bonds is 4. The third kappa shape index (κ3) is 3.65. The summed E-state index contributed by atoms with van der Waals surface area (Å²) in [6.45, 7) is 1.64. The minimum atomic E-state index is -0.729. The molecule has 1 N–H and O–H groups in total. The first-order valence-corrected chi connectivity index (χ1v) is 6.39. The van der Waals surface area contributed by atoms with Crippen LogP contribution in [0.15, 0.2) is 12.3 Å². The number of piperidine rings is 1. The second-order valence-electron chi connectivity index (χ2n) is 4.72. The highest BCUT2D eigenvalue weighted by Gasteiger charge is 2.21. The molecule has 2 rings (SSSR count). The zero-order chi connectivity index (χ0) is 13.7. The van der Waals surface area contributed by atoms with Gasteiger partial charge in [-0.3, -0.25) is 4.79 Å². The van der Waals surface area contributed by atoms with Crippen LogP contribution >= 0.6 is 0 Å². The van der Waals surface area contributed by atoms with Gasteiger partial charge in [0.25, 0.3) is 0 Å². The van der Waals surface area contributed by atoms with Crippen molar-refractivity contribution in [2.75, 3.05) is 18.0 Å². The van der Waals surface area contributed by atoms with Crippen LogP contribution in [0.3, 0.4) is 0 Å². The van der Waals surface area contributed by atoms with Gasteiger partial charge in [-0.1, -0.05) is 0 Å². The molecule has 0 saturated carbocycles. The number of aromatic nitrogens is 2. The number of carboxylic acids is 1. The molecule has 6 heteroatoms. The molecule has 0 unspecified atom stereocenters. The van der Waals surface area contributed by atoms with Crippen molar-refractivity contribution in [2.24, 2.45) is 5.92 Å². The molecule has 0 spiro atoms. The molecule has 0 aromatic carbocycles. The quantitative estimate of drug-likeness (QED) is 0.880. The lowest BCUT2D eigenvalue weighted by Crippen LogP contribution is -2.35. The Morgan fingerprint density at radius 2 is 2.26 bits per heavy atom. The first kappa shape index (κ1) is 13.3. The van der Waals surface area contributed by atoms with E-state index in [-0.39, 0.29) is 6.42 Å². The summed E-state index contributed by atoms with van der Waals surface area (Å²) in [6.07, 6.45) is 4.48. The van der Waals surface area contributed by atoms with E-state index in [0.717, 1.165) is 32.4 Å². The molecule has 19 heavy (non-hydrogen) atoms. The van der Waals surface area contributed by atoms with Crippen molar-refractivity contribution < 1.29 is 9.90 Å². The fourth-order valence-corrected chi connectivity index (χ4v) is 2.31. The van der Waals surface area contributed by atoms with Gasteiger partial charge in [0.1, 0.15) is 11.8 Å². The van der Waals surface area contributed by atoms with Crippen LogP contribution < -0.4 is 4.90 Å². The summed E-state index contributed by atoms with van der Waals surface area (Å²) in [5, 5.41) is 17.5. The molecule has 6 nitrogen and oxygen atoms in total. The Morgan fingerprint density at radius 3 is 2.89 bits per heavy atom. The summed E-state index contributed by atoms with van der Waals surface area (Å²) in [4.78, 5) is 20.9. The average Bonchev–Trinajstić information content (AvgIpc) is 2.45. The van der Waals surface area contributed by atoms with E-state index in [1.54, 1.807) is 12.3 Å². The highest BCUT2D eigenvalue weighted by Crippen LogP contribution is 2.24. The molecule has 1 fully saturated rings. The monoisotopic (exact) mass is 260 g/mol. The zero-order valence-corrected chi connectivity index (χ0v) is 10.6. The minimum absolute atomic E-state index is 0.241. The van der Waals surface area contributed by atoms with Crippen molar-refractivity contribution in [3.05, 3.63) is 18.0 Å². The van der Waals surface area contributed by atoms with Crippen molar-refractivity contribution in [1.82, 2.24) is 9.97 Å². The van der Waals surface area contributed by atoms with E-state index in [1.807, 2.05) is 6.07 Å². The first-order chi connectivity index (χ1) is 9.19. The second kappa shape index (κ2) is 6.14. The van der Waals surface area contributed by atoms with E-state index in [1.165, 1.54) is 0 Å². The number of aliphatic carboxylic acids is 1. The summed E-state index contributed by atoms with van der Waals surface area (Å²) < 4.78 is 0. The standard InChI is InChI=1S/C13H16N4O2/c14-9-11-3-6-15-13(16-11)17-7-4-10(5-8-17)1-2-12(18)19/h3,6,10H,1-2,4-5,7-8H2,(H,18,19). The van der Waals surface area contributed by atoms with Crippen LogP contribution in [-0.4, -0.2) is 34.1 Å². The number of carbonyl (C=O) groups is 1. The van der Waals surface area contributed by atoms with Gasteiger partial charge in [0.15, 0.2) is 0 Å². The Labute approximate surface area is 111 Å². The van der Waals surface area contributed by atoms with E-state index < -0.39 is 5.97 Å². The van der Waals surface area contributed by atoms with Crippen LogP contribution in [0.2, 0.25) is 0 Å². The van der Waals surface area contributed by atoms with Crippen LogP contribution in [0.25, 0.3) is 0 Å². The maximum atomic E-state index is 10.5. The lowest BCUT2D eigenvalue weighted by atomic mass is 9.92. The van der Waals surface area contributed by atoms with Gasteiger partial charge in [0.2, 0.25) is 5.95 Å². The highest BCUT2D eigenvalue weighted by molar-refractivity contribution is 5.66. The maximum Gasteiger partial charge on any atom is 0.303 e. The van der Waals surface area contributed by atoms with Crippen LogP contribution in [0.4, 0.5) is 5.95 Å². The van der Waals surface area contributed by atoms with Crippen molar-refractivity contribution in [3.63, 3.8) is 0 Å². The molecule has 1 saturated heterocycles. The predicted octanol–water partition coefficient (Wildman–Crippen LogP) is 1.43. The molecule has 1 aliphatic heterocycles. The SMILES string of the molecule is N#Cc1ccnc(N2CCC(CCC(=O)O)CC2)n1. The molecule has 0 aliphatic carbocycles. The number of hydrogen-bond acceptors (Lipinski definition) is 5. The third-order valence-corrected chi connectivity index (χ3v) is 3.42. The predicted molar refractivity (Wildman–Crippen MR) is 68.6 cm³/mol. The Balaban J connectivity index is 1.89. The second-order valence-corrected chi connectivity index (χ2v) is 4.72. The first-order valence-electron chi connectivity index (χ1n) is 6.39. The van der Waals surface area contributed by atoms with E-state index in [2.05, 4.69) is 14.9 Å². The molecule has 0 radical (unpaired) electrons. The Hall–Kier alpha value is -2.16. The van der Waals surface area contributed by atoms with Crippen LogP contribution in [0.1, 0.15) is 31.4 Å². The van der Waals surface area contributed by atoms with Gasteiger partial charge in [-0.05, 0) is 31.2 Å². The van der Waals surface area contributed by atoms with Crippen molar-refractivity contribution in [2.45, 2.75) is 25.7 Å². The maximum absolute atomic E-state index is 10.5. The van der Waals surface area contributed by atoms with E-state index in [9.17, 15) is 4.79 Å². The van der Waals surface area contributed by atoms with Crippen molar-refractivity contribution in [1.29, 1.82) is 5.26 Å². The molecule has 1 aromatic heterocycles. The topological polar surface area (TPSA) is 90.1 Å². The van der Waals surface area contributed by atoms with Gasteiger partial charge >= 0.3 is 5.97 Å². The number of anilines is 1. The van der Waals surface area contributed by atoms with Gasteiger partial charge in [0.05, 0.1) is 0 Å². The molecule has 0 amide bonds. The van der Waals surface area contributed by atoms with Crippen LogP contribution in [0.5, 0.6) is 0 Å². The highest BCUT2D eigenvalue weighted by atomic mass is 16.4. The van der Waals surface area contributed by atoms with Crippen LogP contribution in [-0.2, 0) is 4.79 Å². The van der Waals surface area contributed by atoms with Gasteiger partial charge < -0.3 is 10.0 Å². The van der Waals surface area contributed by atoms with Crippen LogP contribution in [0, 0.1) is 17.2 Å². The van der Waals surface area contributed by atoms with Crippen molar-refractivity contribution in [3.8, 4) is 6.07 Å². The van der Waals surface area contributed by atoms with Gasteiger partial charge in [-0.15, -0.1) is 0 Å². The van der Waals surface area contributed by atoms with Gasteiger partial charge in [-0.2, -0.15) is 5.26 Å². The summed E-state index contributed by atoms with van der Waals surface area (Å²) >= 11 is 0. The normalized spacial score (nSPS) is 16.1. The summed E-state index contributed by atoms with van der Waals surface area (Å²) in [5.74, 6) is 0.328. The molecule has 2 heterocycles. The average molecular weight is 260 g/mol. The largest absolute Gasteiger partial charge is 0.481 e. The number of nitriles is 1. The number of nitrogens with zero attached hydrogens (tertiary/aromatic N) is 4. The number of carboxylic acid groups (broad SMARTS) is 1. The van der Waals surface area contributed by atoms with Gasteiger partial charge in [0, 0.05) is 25.7 Å². The lowest BCUT2D eigenvalue weighted by Gasteiger charge is -2.31. The zero-order valence-electron chi connectivity index (χ0n) is 10.6. The molecule has 1 aliphatic rings. The van der Waals surface area contributed by atoms with Gasteiger partial charge in [-0.25, -0.2) is 9.97 Å². The summed E-state index contributed by atoms with van der Waals surface area (Å²) in [7, 11) is 0. The molecule has 1 aromatic rings. The van der Waals surface area contributed by atoms with E-state index in [4.69, 9.17) is 10.4 Å². The molecule has 0 atom stereocenters. The van der Waals surface area contributed by atoms with E-state index in [0.29, 0.717) is 17.6 Å². The fraction of sp³-hybridized carbons (Fsp3) is 0.538. The third-order valence-electron chi connectivity index (χ3n) is 3.42. The molecule has 100 valence electrons. The fourth-order valence-electron chi connectivity index (χ4n) is 2.31. The number of hydrogen-bond donors (Lipinski definition) is 1. The minimum Gasteiger partial charge on any atom is -0.481 e. The Morgan fingerprint density at radius 1 is 1.53 bits per heavy atom. The lowest BCUT2D eigenvalue weighted by molar-refractivity contribution is -0.137. The Bertz CT molecular complexity index is 490. The molecule has 0 bridgehead atoms.